The lowest BCUT2D eigenvalue weighted by atomic mass is 9.96. The molecule has 1 aromatic heterocycles. The van der Waals surface area contributed by atoms with E-state index in [1.807, 2.05) is 11.8 Å². The summed E-state index contributed by atoms with van der Waals surface area (Å²) in [6.45, 7) is 2.76. The maximum atomic E-state index is 12.7. The van der Waals surface area contributed by atoms with Crippen LogP contribution in [0.4, 0.5) is 24.8 Å². The Kier molecular flexibility index (Phi) is 4.35. The number of anilines is 2. The van der Waals surface area contributed by atoms with Crippen molar-refractivity contribution in [2.75, 3.05) is 30.4 Å². The smallest absolute Gasteiger partial charge is 0.373 e. The summed E-state index contributed by atoms with van der Waals surface area (Å²) in [6, 6.07) is 0. The van der Waals surface area contributed by atoms with Gasteiger partial charge in [-0.1, -0.05) is 6.92 Å². The van der Waals surface area contributed by atoms with E-state index in [-0.39, 0.29) is 12.8 Å². The molecule has 2 rings (SSSR count). The van der Waals surface area contributed by atoms with Crippen molar-refractivity contribution in [1.29, 1.82) is 0 Å². The molecule has 1 aliphatic rings. The summed E-state index contributed by atoms with van der Waals surface area (Å²) in [6.07, 6.45) is -1.62. The first kappa shape index (κ1) is 14.9. The maximum Gasteiger partial charge on any atom is 0.391 e. The SMILES string of the molecule is CCc1c(NC)ncnc1N1CCC(C(F)(F)F)CC1. The average molecular weight is 288 g/mol. The fourth-order valence-electron chi connectivity index (χ4n) is 2.64. The summed E-state index contributed by atoms with van der Waals surface area (Å²) in [5.41, 5.74) is 0.959. The van der Waals surface area contributed by atoms with Crippen LogP contribution in [-0.4, -0.2) is 36.3 Å². The Labute approximate surface area is 116 Å². The van der Waals surface area contributed by atoms with Gasteiger partial charge >= 0.3 is 6.18 Å². The Morgan fingerprint density at radius 2 is 1.95 bits per heavy atom. The molecule has 0 bridgehead atoms. The van der Waals surface area contributed by atoms with E-state index in [0.29, 0.717) is 13.1 Å². The minimum Gasteiger partial charge on any atom is -0.373 e. The van der Waals surface area contributed by atoms with E-state index in [0.717, 1.165) is 23.6 Å². The Morgan fingerprint density at radius 3 is 2.45 bits per heavy atom. The van der Waals surface area contributed by atoms with Crippen LogP contribution in [0.2, 0.25) is 0 Å². The lowest BCUT2D eigenvalue weighted by molar-refractivity contribution is -0.179. The molecular formula is C13H19F3N4. The van der Waals surface area contributed by atoms with E-state index in [2.05, 4.69) is 15.3 Å². The minimum atomic E-state index is -4.08. The van der Waals surface area contributed by atoms with E-state index >= 15 is 0 Å². The van der Waals surface area contributed by atoms with Gasteiger partial charge in [-0.25, -0.2) is 9.97 Å². The molecule has 0 radical (unpaired) electrons. The highest BCUT2D eigenvalue weighted by molar-refractivity contribution is 5.58. The number of aromatic nitrogens is 2. The van der Waals surface area contributed by atoms with E-state index in [9.17, 15) is 13.2 Å². The van der Waals surface area contributed by atoms with Crippen LogP contribution in [0.25, 0.3) is 0 Å². The van der Waals surface area contributed by atoms with Crippen LogP contribution in [0.15, 0.2) is 6.33 Å². The molecule has 112 valence electrons. The number of nitrogens with one attached hydrogen (secondary N) is 1. The zero-order valence-corrected chi connectivity index (χ0v) is 11.7. The van der Waals surface area contributed by atoms with Crippen LogP contribution < -0.4 is 10.2 Å². The van der Waals surface area contributed by atoms with Crippen molar-refractivity contribution in [3.05, 3.63) is 11.9 Å². The van der Waals surface area contributed by atoms with Crippen LogP contribution in [0.1, 0.15) is 25.3 Å². The highest BCUT2D eigenvalue weighted by Crippen LogP contribution is 2.36. The standard InChI is InChI=1S/C13H19F3N4/c1-3-10-11(17-2)18-8-19-12(10)20-6-4-9(5-7-20)13(14,15)16/h8-9H,3-7H2,1-2H3,(H,17,18,19). The number of nitrogens with zero attached hydrogens (tertiary/aromatic N) is 3. The van der Waals surface area contributed by atoms with Crippen LogP contribution in [-0.2, 0) is 6.42 Å². The highest BCUT2D eigenvalue weighted by Gasteiger charge is 2.41. The fraction of sp³-hybridized carbons (Fsp3) is 0.692. The summed E-state index contributed by atoms with van der Waals surface area (Å²) in [5, 5.41) is 3.00. The Morgan fingerprint density at radius 1 is 1.30 bits per heavy atom. The molecule has 0 atom stereocenters. The lowest BCUT2D eigenvalue weighted by Crippen LogP contribution is -2.39. The lowest BCUT2D eigenvalue weighted by Gasteiger charge is -2.34. The second kappa shape index (κ2) is 5.85. The first-order chi connectivity index (χ1) is 9.47. The molecule has 1 saturated heterocycles. The first-order valence-electron chi connectivity index (χ1n) is 6.80. The number of alkyl halides is 3. The van der Waals surface area contributed by atoms with Crippen LogP contribution in [0.5, 0.6) is 0 Å². The van der Waals surface area contributed by atoms with Crippen LogP contribution in [0, 0.1) is 5.92 Å². The third-order valence-electron chi connectivity index (χ3n) is 3.77. The molecule has 2 heterocycles. The molecule has 1 fully saturated rings. The van der Waals surface area contributed by atoms with Gasteiger partial charge in [0, 0.05) is 25.7 Å². The minimum absolute atomic E-state index is 0.131. The van der Waals surface area contributed by atoms with Crippen molar-refractivity contribution < 1.29 is 13.2 Å². The third-order valence-corrected chi connectivity index (χ3v) is 3.77. The van der Waals surface area contributed by atoms with Gasteiger partial charge in [0.1, 0.15) is 18.0 Å². The fourth-order valence-corrected chi connectivity index (χ4v) is 2.64. The summed E-state index contributed by atoms with van der Waals surface area (Å²) in [7, 11) is 1.78. The van der Waals surface area contributed by atoms with Gasteiger partial charge in [0.15, 0.2) is 0 Å². The van der Waals surface area contributed by atoms with Crippen molar-refractivity contribution in [3.8, 4) is 0 Å². The number of halogens is 3. The van der Waals surface area contributed by atoms with Crippen molar-refractivity contribution in [2.24, 2.45) is 5.92 Å². The van der Waals surface area contributed by atoms with E-state index < -0.39 is 12.1 Å². The molecule has 4 nitrogen and oxygen atoms in total. The molecule has 0 unspecified atom stereocenters. The van der Waals surface area contributed by atoms with Gasteiger partial charge in [-0.15, -0.1) is 0 Å². The predicted molar refractivity (Wildman–Crippen MR) is 71.9 cm³/mol. The largest absolute Gasteiger partial charge is 0.391 e. The number of hydrogen-bond acceptors (Lipinski definition) is 4. The van der Waals surface area contributed by atoms with Gasteiger partial charge in [0.05, 0.1) is 5.92 Å². The van der Waals surface area contributed by atoms with Crippen LogP contribution in [0.3, 0.4) is 0 Å². The monoisotopic (exact) mass is 288 g/mol. The van der Waals surface area contributed by atoms with E-state index in [4.69, 9.17) is 0 Å². The Hall–Kier alpha value is -1.53. The molecule has 1 aliphatic heterocycles. The first-order valence-corrected chi connectivity index (χ1v) is 6.80. The quantitative estimate of drug-likeness (QED) is 0.928. The van der Waals surface area contributed by atoms with Crippen molar-refractivity contribution in [3.63, 3.8) is 0 Å². The maximum absolute atomic E-state index is 12.7. The summed E-state index contributed by atoms with van der Waals surface area (Å²) < 4.78 is 38.0. The number of rotatable bonds is 3. The zero-order valence-electron chi connectivity index (χ0n) is 11.7. The van der Waals surface area contributed by atoms with Gasteiger partial charge in [-0.3, -0.25) is 0 Å². The number of hydrogen-bond donors (Lipinski definition) is 1. The zero-order chi connectivity index (χ0) is 14.8. The predicted octanol–water partition coefficient (Wildman–Crippen LogP) is 2.86. The molecule has 0 aromatic carbocycles. The Bertz CT molecular complexity index is 453. The normalized spacial score (nSPS) is 17.4. The van der Waals surface area contributed by atoms with Gasteiger partial charge in [0.2, 0.25) is 0 Å². The molecule has 0 saturated carbocycles. The molecule has 1 N–H and O–H groups in total. The molecule has 0 aliphatic carbocycles. The highest BCUT2D eigenvalue weighted by atomic mass is 19.4. The van der Waals surface area contributed by atoms with Crippen LogP contribution >= 0.6 is 0 Å². The molecule has 20 heavy (non-hydrogen) atoms. The topological polar surface area (TPSA) is 41.1 Å². The Balaban J connectivity index is 2.15. The second-order valence-electron chi connectivity index (χ2n) is 4.93. The molecule has 0 spiro atoms. The summed E-state index contributed by atoms with van der Waals surface area (Å²) >= 11 is 0. The van der Waals surface area contributed by atoms with E-state index in [1.165, 1.54) is 6.33 Å². The third kappa shape index (κ3) is 2.96. The van der Waals surface area contributed by atoms with E-state index in [1.54, 1.807) is 7.05 Å². The van der Waals surface area contributed by atoms with Crippen molar-refractivity contribution in [2.45, 2.75) is 32.4 Å². The van der Waals surface area contributed by atoms with Gasteiger partial charge in [-0.2, -0.15) is 13.2 Å². The van der Waals surface area contributed by atoms with Crippen molar-refractivity contribution in [1.82, 2.24) is 9.97 Å². The summed E-state index contributed by atoms with van der Waals surface area (Å²) in [5.74, 6) is 0.317. The molecule has 7 heteroatoms. The summed E-state index contributed by atoms with van der Waals surface area (Å²) in [4.78, 5) is 10.3. The average Bonchev–Trinajstić information content (AvgIpc) is 2.45. The van der Waals surface area contributed by atoms with Gasteiger partial charge < -0.3 is 10.2 Å². The van der Waals surface area contributed by atoms with Gasteiger partial charge in [-0.05, 0) is 19.3 Å². The molecule has 0 amide bonds. The van der Waals surface area contributed by atoms with Crippen molar-refractivity contribution >= 4 is 11.6 Å². The number of piperidine rings is 1. The molecule has 1 aromatic rings. The molecular weight excluding hydrogens is 269 g/mol. The van der Waals surface area contributed by atoms with Gasteiger partial charge in [0.25, 0.3) is 0 Å². The second-order valence-corrected chi connectivity index (χ2v) is 4.93.